The summed E-state index contributed by atoms with van der Waals surface area (Å²) in [7, 11) is 0. The minimum Gasteiger partial charge on any atom is -0.491 e. The van der Waals surface area contributed by atoms with Crippen LogP contribution >= 0.6 is 0 Å². The molecule has 2 aromatic rings. The lowest BCUT2D eigenvalue weighted by Crippen LogP contribution is -1.99. The first kappa shape index (κ1) is 23.4. The largest absolute Gasteiger partial charge is 0.491 e. The Kier molecular flexibility index (Phi) is 11.5. The molecule has 0 amide bonds. The Hall–Kier alpha value is -1.83. The fourth-order valence-corrected chi connectivity index (χ4v) is 3.66. The summed E-state index contributed by atoms with van der Waals surface area (Å²) in [4.78, 5) is 0. The van der Waals surface area contributed by atoms with Crippen molar-refractivity contribution < 1.29 is 9.13 Å². The van der Waals surface area contributed by atoms with Gasteiger partial charge >= 0.3 is 0 Å². The molecule has 2 heteroatoms. The lowest BCUT2D eigenvalue weighted by atomic mass is 10.0. The number of benzene rings is 2. The second-order valence-electron chi connectivity index (χ2n) is 8.12. The molecule has 0 radical (unpaired) electrons. The van der Waals surface area contributed by atoms with Crippen LogP contribution in [0.1, 0.15) is 90.0 Å². The molecule has 0 saturated carbocycles. The molecule has 0 heterocycles. The van der Waals surface area contributed by atoms with E-state index in [-0.39, 0.29) is 5.82 Å². The summed E-state index contributed by atoms with van der Waals surface area (Å²) >= 11 is 0. The maximum Gasteiger partial charge on any atom is 0.165 e. The van der Waals surface area contributed by atoms with Crippen LogP contribution in [0.3, 0.4) is 0 Å². The van der Waals surface area contributed by atoms with Crippen LogP contribution < -0.4 is 4.74 Å². The molecule has 0 spiro atoms. The molecule has 0 fully saturated rings. The molecule has 0 atom stereocenters. The average molecular weight is 399 g/mol. The Labute approximate surface area is 177 Å². The Morgan fingerprint density at radius 3 is 1.90 bits per heavy atom. The third-order valence-corrected chi connectivity index (χ3v) is 5.54. The van der Waals surface area contributed by atoms with Crippen LogP contribution in [0, 0.1) is 5.82 Å². The van der Waals surface area contributed by atoms with E-state index < -0.39 is 0 Å². The minimum absolute atomic E-state index is 0.273. The van der Waals surface area contributed by atoms with Crippen molar-refractivity contribution in [3.8, 4) is 16.9 Å². The predicted molar refractivity (Wildman–Crippen MR) is 123 cm³/mol. The van der Waals surface area contributed by atoms with Crippen molar-refractivity contribution in [1.82, 2.24) is 0 Å². The van der Waals surface area contributed by atoms with E-state index in [1.807, 2.05) is 6.07 Å². The van der Waals surface area contributed by atoms with Gasteiger partial charge in [-0.3, -0.25) is 0 Å². The number of aryl methyl sites for hydroxylation is 1. The summed E-state index contributed by atoms with van der Waals surface area (Å²) in [6.45, 7) is 5.03. The first-order chi connectivity index (χ1) is 14.2. The quantitative estimate of drug-likeness (QED) is 0.272. The van der Waals surface area contributed by atoms with Crippen LogP contribution in [-0.2, 0) is 6.42 Å². The van der Waals surface area contributed by atoms with Crippen molar-refractivity contribution >= 4 is 0 Å². The first-order valence-electron chi connectivity index (χ1n) is 11.8. The summed E-state index contributed by atoms with van der Waals surface area (Å²) in [5.74, 6) is 0.0888. The van der Waals surface area contributed by atoms with E-state index in [0.717, 1.165) is 30.4 Å². The highest BCUT2D eigenvalue weighted by Crippen LogP contribution is 2.26. The van der Waals surface area contributed by atoms with Gasteiger partial charge in [0.25, 0.3) is 0 Å². The highest BCUT2D eigenvalue weighted by Gasteiger charge is 2.07. The summed E-state index contributed by atoms with van der Waals surface area (Å²) in [5.41, 5.74) is 3.33. The average Bonchev–Trinajstić information content (AvgIpc) is 2.74. The van der Waals surface area contributed by atoms with E-state index in [9.17, 15) is 4.39 Å². The molecule has 0 saturated heterocycles. The minimum atomic E-state index is -0.273. The van der Waals surface area contributed by atoms with Crippen LogP contribution in [0.5, 0.6) is 5.75 Å². The van der Waals surface area contributed by atoms with Gasteiger partial charge in [-0.25, -0.2) is 4.39 Å². The molecule has 0 aliphatic carbocycles. The number of rotatable bonds is 15. The standard InChI is InChI=1S/C27H39FO/c1-3-5-7-9-10-11-12-14-23-15-17-24(18-16-23)25-19-20-27(26(28)22-25)29-21-13-8-6-4-2/h15-20,22H,3-14,21H2,1-2H3. The van der Waals surface area contributed by atoms with Gasteiger partial charge in [-0.2, -0.15) is 0 Å². The second kappa shape index (κ2) is 14.2. The van der Waals surface area contributed by atoms with Crippen molar-refractivity contribution in [2.45, 2.75) is 90.9 Å². The lowest BCUT2D eigenvalue weighted by Gasteiger charge is -2.09. The molecule has 29 heavy (non-hydrogen) atoms. The second-order valence-corrected chi connectivity index (χ2v) is 8.12. The molecule has 2 rings (SSSR count). The molecule has 2 aromatic carbocycles. The molecule has 0 bridgehead atoms. The van der Waals surface area contributed by atoms with Crippen molar-refractivity contribution in [2.24, 2.45) is 0 Å². The van der Waals surface area contributed by atoms with Gasteiger partial charge in [-0.15, -0.1) is 0 Å². The number of halogens is 1. The topological polar surface area (TPSA) is 9.23 Å². The zero-order chi connectivity index (χ0) is 20.7. The predicted octanol–water partition coefficient (Wildman–Crippen LogP) is 8.74. The molecule has 0 unspecified atom stereocenters. The number of hydrogen-bond donors (Lipinski definition) is 0. The molecular weight excluding hydrogens is 359 g/mol. The molecule has 0 aliphatic rings. The van der Waals surface area contributed by atoms with Crippen LogP contribution in [0.2, 0.25) is 0 Å². The van der Waals surface area contributed by atoms with E-state index in [4.69, 9.17) is 4.74 Å². The summed E-state index contributed by atoms with van der Waals surface area (Å²) in [6, 6.07) is 13.9. The van der Waals surface area contributed by atoms with Gasteiger partial charge < -0.3 is 4.74 Å². The number of unbranched alkanes of at least 4 members (excludes halogenated alkanes) is 9. The Morgan fingerprint density at radius 1 is 0.655 bits per heavy atom. The maximum absolute atomic E-state index is 14.4. The van der Waals surface area contributed by atoms with Crippen LogP contribution in [0.4, 0.5) is 4.39 Å². The van der Waals surface area contributed by atoms with Gasteiger partial charge in [0.2, 0.25) is 0 Å². The Balaban J connectivity index is 1.77. The van der Waals surface area contributed by atoms with Gasteiger partial charge in [0.05, 0.1) is 6.61 Å². The molecule has 1 nitrogen and oxygen atoms in total. The summed E-state index contributed by atoms with van der Waals surface area (Å²) in [5, 5.41) is 0. The van der Waals surface area contributed by atoms with Gasteiger partial charge in [0.1, 0.15) is 0 Å². The van der Waals surface area contributed by atoms with Gasteiger partial charge in [0, 0.05) is 0 Å². The molecule has 0 aliphatic heterocycles. The fraction of sp³-hybridized carbons (Fsp3) is 0.556. The summed E-state index contributed by atoms with van der Waals surface area (Å²) < 4.78 is 20.0. The van der Waals surface area contributed by atoms with E-state index in [0.29, 0.717) is 12.4 Å². The van der Waals surface area contributed by atoms with E-state index in [1.54, 1.807) is 12.1 Å². The molecule has 0 N–H and O–H groups in total. The Bertz CT molecular complexity index is 677. The first-order valence-corrected chi connectivity index (χ1v) is 11.8. The van der Waals surface area contributed by atoms with Crippen molar-refractivity contribution in [3.63, 3.8) is 0 Å². The zero-order valence-corrected chi connectivity index (χ0v) is 18.5. The Morgan fingerprint density at radius 2 is 1.24 bits per heavy atom. The number of ether oxygens (including phenoxy) is 1. The van der Waals surface area contributed by atoms with Crippen molar-refractivity contribution in [3.05, 3.63) is 53.8 Å². The zero-order valence-electron chi connectivity index (χ0n) is 18.5. The van der Waals surface area contributed by atoms with Crippen LogP contribution in [-0.4, -0.2) is 6.61 Å². The molecule has 160 valence electrons. The van der Waals surface area contributed by atoms with Gasteiger partial charge in [0.15, 0.2) is 11.6 Å². The summed E-state index contributed by atoms with van der Waals surface area (Å²) in [6.07, 6.45) is 15.0. The van der Waals surface area contributed by atoms with Crippen molar-refractivity contribution in [1.29, 1.82) is 0 Å². The fourth-order valence-electron chi connectivity index (χ4n) is 3.66. The highest BCUT2D eigenvalue weighted by molar-refractivity contribution is 5.64. The van der Waals surface area contributed by atoms with Crippen molar-refractivity contribution in [2.75, 3.05) is 6.61 Å². The highest BCUT2D eigenvalue weighted by atomic mass is 19.1. The van der Waals surface area contributed by atoms with Gasteiger partial charge in [-0.1, -0.05) is 102 Å². The molecular formula is C27H39FO. The molecule has 0 aromatic heterocycles. The van der Waals surface area contributed by atoms with E-state index >= 15 is 0 Å². The smallest absolute Gasteiger partial charge is 0.165 e. The van der Waals surface area contributed by atoms with Gasteiger partial charge in [-0.05, 0) is 48.1 Å². The van der Waals surface area contributed by atoms with Crippen LogP contribution in [0.15, 0.2) is 42.5 Å². The van der Waals surface area contributed by atoms with E-state index in [2.05, 4.69) is 38.1 Å². The maximum atomic E-state index is 14.4. The third-order valence-electron chi connectivity index (χ3n) is 5.54. The normalized spacial score (nSPS) is 11.0. The van der Waals surface area contributed by atoms with Crippen LogP contribution in [0.25, 0.3) is 11.1 Å². The third kappa shape index (κ3) is 9.02. The number of hydrogen-bond acceptors (Lipinski definition) is 1. The lowest BCUT2D eigenvalue weighted by molar-refractivity contribution is 0.290. The van der Waals surface area contributed by atoms with E-state index in [1.165, 1.54) is 63.4 Å². The monoisotopic (exact) mass is 398 g/mol. The SMILES string of the molecule is CCCCCCCCCc1ccc(-c2ccc(OCCCCCC)c(F)c2)cc1.